The molecule has 178 valence electrons. The highest BCUT2D eigenvalue weighted by molar-refractivity contribution is 7.89. The molecule has 0 saturated heterocycles. The molecule has 0 radical (unpaired) electrons. The summed E-state index contributed by atoms with van der Waals surface area (Å²) in [7, 11) is -3.81. The van der Waals surface area contributed by atoms with Crippen molar-refractivity contribution in [2.45, 2.75) is 50.3 Å². The molecule has 0 unspecified atom stereocenters. The number of carboxylic acid groups (broad SMARTS) is 2. The van der Waals surface area contributed by atoms with Crippen molar-refractivity contribution in [3.8, 4) is 0 Å². The Labute approximate surface area is 194 Å². The largest absolute Gasteiger partial charge is 0.478 e. The van der Waals surface area contributed by atoms with Crippen molar-refractivity contribution in [3.05, 3.63) is 66.3 Å². The lowest BCUT2D eigenvalue weighted by Gasteiger charge is -2.35. The first-order chi connectivity index (χ1) is 15.9. The smallest absolute Gasteiger partial charge is 0.386 e. The van der Waals surface area contributed by atoms with Crippen LogP contribution in [0.5, 0.6) is 0 Å². The number of aliphatic carboxylic acids is 2. The monoisotopic (exact) mass is 489 g/mol. The van der Waals surface area contributed by atoms with E-state index in [1.54, 1.807) is 33.7 Å². The Morgan fingerprint density at radius 1 is 1.00 bits per heavy atom. The minimum absolute atomic E-state index is 0.0259. The minimum Gasteiger partial charge on any atom is -0.478 e. The van der Waals surface area contributed by atoms with Gasteiger partial charge in [-0.15, -0.1) is 9.13 Å². The van der Waals surface area contributed by atoms with Crippen LogP contribution in [0.1, 0.15) is 24.1 Å². The van der Waals surface area contributed by atoms with Gasteiger partial charge < -0.3 is 10.2 Å². The summed E-state index contributed by atoms with van der Waals surface area (Å²) in [6.45, 7) is 3.23. The van der Waals surface area contributed by atoms with Gasteiger partial charge in [0.05, 0.1) is 11.8 Å². The Kier molecular flexibility index (Phi) is 4.73. The number of aromatic nitrogens is 4. The lowest BCUT2D eigenvalue weighted by Crippen LogP contribution is -2.56. The first-order valence-electron chi connectivity index (χ1n) is 10.6. The molecule has 12 nitrogen and oxygen atoms in total. The van der Waals surface area contributed by atoms with E-state index < -0.39 is 27.7 Å². The van der Waals surface area contributed by atoms with E-state index in [0.717, 1.165) is 17.2 Å². The van der Waals surface area contributed by atoms with Crippen molar-refractivity contribution < 1.29 is 41.8 Å². The number of quaternary nitrogens is 1. The molecule has 0 aliphatic carbocycles. The molecule has 0 amide bonds. The highest BCUT2D eigenvalue weighted by Gasteiger charge is 2.72. The number of nitrogens with zero attached hydrogens (tertiary/aromatic N) is 5. The van der Waals surface area contributed by atoms with E-state index in [9.17, 15) is 28.2 Å². The van der Waals surface area contributed by atoms with E-state index in [2.05, 4.69) is 16.1 Å². The van der Waals surface area contributed by atoms with Crippen LogP contribution >= 0.6 is 0 Å². The Morgan fingerprint density at radius 3 is 1.88 bits per heavy atom. The number of benzene rings is 1. The van der Waals surface area contributed by atoms with Crippen molar-refractivity contribution in [1.82, 2.24) is 9.13 Å². The minimum atomic E-state index is -3.81. The van der Waals surface area contributed by atoms with Crippen LogP contribution in [-0.4, -0.2) is 44.2 Å². The van der Waals surface area contributed by atoms with Gasteiger partial charge in [0.15, 0.2) is 26.2 Å². The second kappa shape index (κ2) is 7.22. The number of primary sulfonamides is 1. The number of imidazole rings is 2. The highest BCUT2D eigenvalue weighted by atomic mass is 32.2. The number of sulfonamides is 1. The first-order valence-corrected chi connectivity index (χ1v) is 12.1. The zero-order valence-corrected chi connectivity index (χ0v) is 19.2. The van der Waals surface area contributed by atoms with Gasteiger partial charge in [-0.25, -0.2) is 36.8 Å². The van der Waals surface area contributed by atoms with Gasteiger partial charge in [0, 0.05) is 5.56 Å². The zero-order chi connectivity index (χ0) is 24.5. The number of fused-ring (bicyclic) bond motifs is 5. The molecular formula is C21H25N6O6S+3. The molecule has 2 aliphatic rings. The molecule has 1 aromatic carbocycles. The fourth-order valence-electron chi connectivity index (χ4n) is 5.47. The maximum absolute atomic E-state index is 11.7. The third-order valence-electron chi connectivity index (χ3n) is 7.06. The Bertz CT molecular complexity index is 1370. The molecule has 2 aliphatic heterocycles. The second-order valence-electron chi connectivity index (χ2n) is 8.99. The summed E-state index contributed by atoms with van der Waals surface area (Å²) in [5.41, 5.74) is 0.879. The van der Waals surface area contributed by atoms with Crippen LogP contribution in [0.4, 0.5) is 0 Å². The van der Waals surface area contributed by atoms with Gasteiger partial charge in [0.25, 0.3) is 0 Å². The van der Waals surface area contributed by atoms with E-state index in [1.807, 2.05) is 12.4 Å². The molecule has 0 bridgehead atoms. The maximum atomic E-state index is 11.7. The van der Waals surface area contributed by atoms with Gasteiger partial charge in [-0.3, -0.25) is 0 Å². The molecule has 2 aromatic heterocycles. The summed E-state index contributed by atoms with van der Waals surface area (Å²) in [6.07, 6.45) is 7.21. The van der Waals surface area contributed by atoms with Crippen LogP contribution in [0.15, 0.2) is 53.9 Å². The van der Waals surface area contributed by atoms with Gasteiger partial charge in [-0.2, -0.15) is 0 Å². The predicted octanol–water partition coefficient (Wildman–Crippen LogP) is -1.10. The average molecular weight is 490 g/mol. The average Bonchev–Trinajstić information content (AvgIpc) is 3.41. The lowest BCUT2D eigenvalue weighted by molar-refractivity contribution is -1.02. The normalized spacial score (nSPS) is 22.9. The second-order valence-corrected chi connectivity index (χ2v) is 10.6. The third-order valence-corrected chi connectivity index (χ3v) is 7.99. The quantitative estimate of drug-likeness (QED) is 0.283. The fraction of sp³-hybridized carbons (Fsp3) is 0.333. The summed E-state index contributed by atoms with van der Waals surface area (Å²) in [5, 5.41) is 24.0. The zero-order valence-electron chi connectivity index (χ0n) is 18.4. The predicted molar refractivity (Wildman–Crippen MR) is 113 cm³/mol. The number of carbonyl (C=O) groups is 2. The van der Waals surface area contributed by atoms with Crippen LogP contribution in [0.25, 0.3) is 0 Å². The van der Waals surface area contributed by atoms with Crippen molar-refractivity contribution in [2.24, 2.45) is 5.14 Å². The number of nitrogens with two attached hydrogens (primary N) is 1. The third kappa shape index (κ3) is 3.15. The molecule has 0 fully saturated rings. The molecule has 0 saturated carbocycles. The molecule has 13 heteroatoms. The fourth-order valence-corrected chi connectivity index (χ4v) is 5.98. The van der Waals surface area contributed by atoms with Crippen LogP contribution in [0, 0.1) is 0 Å². The van der Waals surface area contributed by atoms with Gasteiger partial charge in [-0.05, 0) is 12.1 Å². The molecule has 34 heavy (non-hydrogen) atoms. The summed E-state index contributed by atoms with van der Waals surface area (Å²) in [4.78, 5) is 22.9. The summed E-state index contributed by atoms with van der Waals surface area (Å²) in [5.74, 6) is -0.883. The lowest BCUT2D eigenvalue weighted by atomic mass is 10.1. The number of carboxylic acids is 2. The van der Waals surface area contributed by atoms with Crippen molar-refractivity contribution in [2.75, 3.05) is 0 Å². The molecule has 4 N–H and O–H groups in total. The SMILES string of the molecule is CC12n3cc[n+](CC(=O)O)c3C[N+]1(Cc1ccc(S(N)(=O)=O)cc1)Cc1n2cc[n+]1CC(=O)O. The summed E-state index contributed by atoms with van der Waals surface area (Å²) in [6, 6.07) is 6.40. The number of hydrogen-bond acceptors (Lipinski definition) is 4. The van der Waals surface area contributed by atoms with Crippen LogP contribution in [0.3, 0.4) is 0 Å². The van der Waals surface area contributed by atoms with Crippen LogP contribution in [-0.2, 0) is 58.1 Å². The highest BCUT2D eigenvalue weighted by Crippen LogP contribution is 2.48. The number of rotatable bonds is 7. The van der Waals surface area contributed by atoms with Gasteiger partial charge >= 0.3 is 29.4 Å². The van der Waals surface area contributed by atoms with Gasteiger partial charge in [-0.1, -0.05) is 12.1 Å². The molecule has 0 spiro atoms. The van der Waals surface area contributed by atoms with E-state index in [0.29, 0.717) is 24.1 Å². The van der Waals surface area contributed by atoms with Gasteiger partial charge in [0.2, 0.25) is 10.0 Å². The topological polar surface area (TPSA) is 152 Å². The molecular weight excluding hydrogens is 464 g/mol. The van der Waals surface area contributed by atoms with Crippen molar-refractivity contribution in [3.63, 3.8) is 0 Å². The first kappa shape index (κ1) is 22.3. The Balaban J connectivity index is 1.62. The summed E-state index contributed by atoms with van der Waals surface area (Å²) < 4.78 is 31.3. The molecule has 3 aromatic rings. The van der Waals surface area contributed by atoms with Gasteiger partial charge in [0.1, 0.15) is 31.3 Å². The number of hydrogen-bond donors (Lipinski definition) is 3. The van der Waals surface area contributed by atoms with E-state index >= 15 is 0 Å². The van der Waals surface area contributed by atoms with E-state index in [1.165, 1.54) is 12.1 Å². The summed E-state index contributed by atoms with van der Waals surface area (Å²) >= 11 is 0. The Hall–Kier alpha value is -3.55. The molecule has 4 heterocycles. The van der Waals surface area contributed by atoms with E-state index in [-0.39, 0.29) is 18.0 Å². The van der Waals surface area contributed by atoms with E-state index in [4.69, 9.17) is 5.14 Å². The van der Waals surface area contributed by atoms with Crippen molar-refractivity contribution in [1.29, 1.82) is 0 Å². The molecule has 0 atom stereocenters. The van der Waals surface area contributed by atoms with Crippen LogP contribution in [0.2, 0.25) is 0 Å². The molecule has 5 rings (SSSR count). The standard InChI is InChI=1S/C21H22N6O6S/c1-21-25-8-6-23(10-19(28)29)17(25)13-27(21,12-15-2-4-16(5-3-15)34(22,32)33)14-18-24(11-20(30)31)7-9-26(18)21/h2-9H,10-14H2,1H3,(H-3,22,28,29,30,31,32,33)/p+3. The van der Waals surface area contributed by atoms with Crippen molar-refractivity contribution >= 4 is 22.0 Å². The van der Waals surface area contributed by atoms with Crippen LogP contribution < -0.4 is 14.3 Å². The maximum Gasteiger partial charge on any atom is 0.386 e. The Morgan fingerprint density at radius 2 is 1.47 bits per heavy atom.